The molecule has 0 aliphatic rings. The highest BCUT2D eigenvalue weighted by Gasteiger charge is 2.14. The molecule has 0 aliphatic heterocycles. The standard InChI is InChI=1S/C12H11BrN2O3/c13-9-3-1-2-8(6-9)10(7-14)15-11(16)4-5-12(17)18/h1-3,6,10H,4-5H2,(H,15,16)(H,17,18). The first-order valence-corrected chi connectivity index (χ1v) is 5.98. The van der Waals surface area contributed by atoms with Gasteiger partial charge in [0.25, 0.3) is 0 Å². The third-order valence-corrected chi connectivity index (χ3v) is 2.68. The lowest BCUT2D eigenvalue weighted by molar-refractivity contribution is -0.138. The molecule has 0 heterocycles. The van der Waals surface area contributed by atoms with Gasteiger partial charge in [-0.3, -0.25) is 9.59 Å². The predicted octanol–water partition coefficient (Wildman–Crippen LogP) is 1.99. The number of carbonyl (C=O) groups is 2. The van der Waals surface area contributed by atoms with E-state index < -0.39 is 17.9 Å². The second-order valence-electron chi connectivity index (χ2n) is 3.58. The van der Waals surface area contributed by atoms with Gasteiger partial charge in [0.05, 0.1) is 12.5 Å². The summed E-state index contributed by atoms with van der Waals surface area (Å²) in [5.41, 5.74) is 0.649. The van der Waals surface area contributed by atoms with Crippen molar-refractivity contribution in [2.45, 2.75) is 18.9 Å². The first-order chi connectivity index (χ1) is 8.52. The van der Waals surface area contributed by atoms with Crippen molar-refractivity contribution in [2.24, 2.45) is 0 Å². The van der Waals surface area contributed by atoms with Gasteiger partial charge in [0.2, 0.25) is 5.91 Å². The van der Waals surface area contributed by atoms with Gasteiger partial charge >= 0.3 is 5.97 Å². The molecule has 1 amide bonds. The van der Waals surface area contributed by atoms with Crippen LogP contribution in [0, 0.1) is 11.3 Å². The van der Waals surface area contributed by atoms with E-state index in [2.05, 4.69) is 21.2 Å². The lowest BCUT2D eigenvalue weighted by atomic mass is 10.1. The predicted molar refractivity (Wildman–Crippen MR) is 67.5 cm³/mol. The number of carbonyl (C=O) groups excluding carboxylic acids is 1. The quantitative estimate of drug-likeness (QED) is 0.870. The summed E-state index contributed by atoms with van der Waals surface area (Å²) in [6, 6.07) is 8.20. The lowest BCUT2D eigenvalue weighted by Crippen LogP contribution is -2.27. The molecule has 1 atom stereocenters. The largest absolute Gasteiger partial charge is 0.481 e. The molecule has 0 saturated carbocycles. The summed E-state index contributed by atoms with van der Waals surface area (Å²) in [5, 5.41) is 19.9. The zero-order chi connectivity index (χ0) is 13.5. The minimum absolute atomic E-state index is 0.137. The Hall–Kier alpha value is -1.87. The number of halogens is 1. The molecule has 1 aromatic carbocycles. The third-order valence-electron chi connectivity index (χ3n) is 2.18. The van der Waals surface area contributed by atoms with E-state index in [1.165, 1.54) is 0 Å². The molecule has 2 N–H and O–H groups in total. The van der Waals surface area contributed by atoms with Crippen LogP contribution in [0.2, 0.25) is 0 Å². The van der Waals surface area contributed by atoms with Crippen LogP contribution in [-0.2, 0) is 9.59 Å². The van der Waals surface area contributed by atoms with Gasteiger partial charge in [-0.2, -0.15) is 5.26 Å². The number of rotatable bonds is 5. The SMILES string of the molecule is N#CC(NC(=O)CCC(=O)O)c1cccc(Br)c1. The molecule has 0 aliphatic carbocycles. The van der Waals surface area contributed by atoms with Crippen LogP contribution in [0.5, 0.6) is 0 Å². The fourth-order valence-corrected chi connectivity index (χ4v) is 1.75. The van der Waals surface area contributed by atoms with Crippen LogP contribution in [0.4, 0.5) is 0 Å². The summed E-state index contributed by atoms with van der Waals surface area (Å²) in [7, 11) is 0. The molecule has 0 radical (unpaired) electrons. The summed E-state index contributed by atoms with van der Waals surface area (Å²) >= 11 is 3.28. The van der Waals surface area contributed by atoms with Gasteiger partial charge in [0.15, 0.2) is 0 Å². The smallest absolute Gasteiger partial charge is 0.303 e. The molecular weight excluding hydrogens is 300 g/mol. The Morgan fingerprint density at radius 3 is 2.72 bits per heavy atom. The van der Waals surface area contributed by atoms with E-state index in [4.69, 9.17) is 10.4 Å². The molecule has 0 fully saturated rings. The van der Waals surface area contributed by atoms with Crippen molar-refractivity contribution in [3.8, 4) is 6.07 Å². The number of amides is 1. The number of nitriles is 1. The molecule has 1 rings (SSSR count). The van der Waals surface area contributed by atoms with Gasteiger partial charge in [-0.15, -0.1) is 0 Å². The van der Waals surface area contributed by atoms with Gasteiger partial charge in [-0.05, 0) is 17.7 Å². The number of benzene rings is 1. The first kappa shape index (κ1) is 14.2. The summed E-state index contributed by atoms with van der Waals surface area (Å²) < 4.78 is 0.806. The number of hydrogen-bond acceptors (Lipinski definition) is 3. The number of carboxylic acids is 1. The fourth-order valence-electron chi connectivity index (χ4n) is 1.33. The van der Waals surface area contributed by atoms with Crippen LogP contribution in [0.15, 0.2) is 28.7 Å². The summed E-state index contributed by atoms with van der Waals surface area (Å²) in [6.07, 6.45) is -0.385. The first-order valence-electron chi connectivity index (χ1n) is 5.19. The Morgan fingerprint density at radius 2 is 2.17 bits per heavy atom. The van der Waals surface area contributed by atoms with Crippen molar-refractivity contribution in [1.82, 2.24) is 5.32 Å². The molecule has 94 valence electrons. The van der Waals surface area contributed by atoms with Crippen LogP contribution in [-0.4, -0.2) is 17.0 Å². The van der Waals surface area contributed by atoms with Crippen molar-refractivity contribution < 1.29 is 14.7 Å². The third kappa shape index (κ3) is 4.55. The van der Waals surface area contributed by atoms with Crippen molar-refractivity contribution in [3.63, 3.8) is 0 Å². The molecule has 0 bridgehead atoms. The second-order valence-corrected chi connectivity index (χ2v) is 4.49. The van der Waals surface area contributed by atoms with Gasteiger partial charge < -0.3 is 10.4 Å². The summed E-state index contributed by atoms with van der Waals surface area (Å²) in [6.45, 7) is 0. The van der Waals surface area contributed by atoms with Crippen molar-refractivity contribution >= 4 is 27.8 Å². The van der Waals surface area contributed by atoms with Gasteiger partial charge in [0.1, 0.15) is 6.04 Å². The van der Waals surface area contributed by atoms with E-state index in [0.717, 1.165) is 4.47 Å². The highest BCUT2D eigenvalue weighted by Crippen LogP contribution is 2.17. The van der Waals surface area contributed by atoms with E-state index in [9.17, 15) is 9.59 Å². The minimum atomic E-state index is -1.04. The number of carboxylic acid groups (broad SMARTS) is 1. The van der Waals surface area contributed by atoms with Gasteiger partial charge in [-0.1, -0.05) is 28.1 Å². The molecule has 1 aromatic rings. The van der Waals surface area contributed by atoms with E-state index in [1.807, 2.05) is 12.1 Å². The number of nitrogens with zero attached hydrogens (tertiary/aromatic N) is 1. The van der Waals surface area contributed by atoms with Crippen molar-refractivity contribution in [3.05, 3.63) is 34.3 Å². The molecule has 5 nitrogen and oxygen atoms in total. The maximum Gasteiger partial charge on any atom is 0.303 e. The molecule has 0 spiro atoms. The molecule has 0 aromatic heterocycles. The highest BCUT2D eigenvalue weighted by atomic mass is 79.9. The number of nitrogens with one attached hydrogen (secondary N) is 1. The zero-order valence-electron chi connectivity index (χ0n) is 9.39. The Morgan fingerprint density at radius 1 is 1.44 bits per heavy atom. The van der Waals surface area contributed by atoms with Gasteiger partial charge in [0, 0.05) is 10.9 Å². The van der Waals surface area contributed by atoms with E-state index >= 15 is 0 Å². The lowest BCUT2D eigenvalue weighted by Gasteiger charge is -2.11. The molecule has 0 saturated heterocycles. The fraction of sp³-hybridized carbons (Fsp3) is 0.250. The minimum Gasteiger partial charge on any atom is -0.481 e. The topological polar surface area (TPSA) is 90.2 Å². The van der Waals surface area contributed by atoms with Crippen LogP contribution in [0.1, 0.15) is 24.4 Å². The molecule has 18 heavy (non-hydrogen) atoms. The van der Waals surface area contributed by atoms with E-state index in [-0.39, 0.29) is 12.8 Å². The van der Waals surface area contributed by atoms with E-state index in [1.54, 1.807) is 18.2 Å². The van der Waals surface area contributed by atoms with Crippen LogP contribution in [0.3, 0.4) is 0 Å². The van der Waals surface area contributed by atoms with Crippen molar-refractivity contribution in [1.29, 1.82) is 5.26 Å². The summed E-state index contributed by atoms with van der Waals surface area (Å²) in [4.78, 5) is 21.8. The maximum absolute atomic E-state index is 11.4. The van der Waals surface area contributed by atoms with E-state index in [0.29, 0.717) is 5.56 Å². The Labute approximate surface area is 113 Å². The maximum atomic E-state index is 11.4. The normalized spacial score (nSPS) is 11.3. The summed E-state index contributed by atoms with van der Waals surface area (Å²) in [5.74, 6) is -1.50. The average Bonchev–Trinajstić information content (AvgIpc) is 2.33. The van der Waals surface area contributed by atoms with Crippen LogP contribution in [0.25, 0.3) is 0 Å². The molecule has 6 heteroatoms. The zero-order valence-corrected chi connectivity index (χ0v) is 11.0. The Kier molecular flexibility index (Phi) is 5.33. The van der Waals surface area contributed by atoms with Gasteiger partial charge in [-0.25, -0.2) is 0 Å². The Bertz CT molecular complexity index is 496. The highest BCUT2D eigenvalue weighted by molar-refractivity contribution is 9.10. The average molecular weight is 311 g/mol. The monoisotopic (exact) mass is 310 g/mol. The second kappa shape index (κ2) is 6.77. The number of aliphatic carboxylic acids is 1. The number of hydrogen-bond donors (Lipinski definition) is 2. The Balaban J connectivity index is 2.66. The molecule has 1 unspecified atom stereocenters. The van der Waals surface area contributed by atoms with Crippen molar-refractivity contribution in [2.75, 3.05) is 0 Å². The van der Waals surface area contributed by atoms with Crippen LogP contribution < -0.4 is 5.32 Å². The van der Waals surface area contributed by atoms with Crippen LogP contribution >= 0.6 is 15.9 Å². The molecular formula is C12H11BrN2O3.